The summed E-state index contributed by atoms with van der Waals surface area (Å²) in [4.78, 5) is 14.7. The molecule has 197 valence electrons. The van der Waals surface area contributed by atoms with Crippen molar-refractivity contribution in [1.82, 2.24) is 0 Å². The molecule has 0 bridgehead atoms. The molecular formula is C34H20F5O. The summed E-state index contributed by atoms with van der Waals surface area (Å²) in [5, 5.41) is 0. The summed E-state index contributed by atoms with van der Waals surface area (Å²) in [5.41, 5.74) is -1.63. The SMILES string of the molecule is O=C1C(c2ccccc2)=C(c2ccccc2)[C@@]([C]2[CH][CH][CH][CH]2)(c2c(F)c(F)c(F)c(F)c2F)[C@H]1c1ccccc1. The average molecular weight is 540 g/mol. The molecule has 2 aliphatic carbocycles. The van der Waals surface area contributed by atoms with Gasteiger partial charge in [0.1, 0.15) is 0 Å². The Morgan fingerprint density at radius 3 is 1.52 bits per heavy atom. The molecule has 4 aromatic rings. The number of carbonyl (C=O) groups excluding carboxylic acids is 1. The maximum absolute atomic E-state index is 16.1. The third kappa shape index (κ3) is 3.76. The fourth-order valence-electron chi connectivity index (χ4n) is 6.03. The van der Waals surface area contributed by atoms with Crippen LogP contribution in [0.4, 0.5) is 22.0 Å². The van der Waals surface area contributed by atoms with Crippen molar-refractivity contribution in [2.24, 2.45) is 0 Å². The molecule has 0 N–H and O–H groups in total. The summed E-state index contributed by atoms with van der Waals surface area (Å²) >= 11 is 0. The van der Waals surface area contributed by atoms with E-state index in [9.17, 15) is 9.18 Å². The lowest BCUT2D eigenvalue weighted by Crippen LogP contribution is -2.42. The van der Waals surface area contributed by atoms with Gasteiger partial charge in [-0.25, -0.2) is 22.0 Å². The van der Waals surface area contributed by atoms with Crippen LogP contribution < -0.4 is 0 Å². The maximum atomic E-state index is 16.1. The topological polar surface area (TPSA) is 17.1 Å². The smallest absolute Gasteiger partial charge is 0.200 e. The van der Waals surface area contributed by atoms with Crippen molar-refractivity contribution < 1.29 is 26.7 Å². The minimum atomic E-state index is -2.26. The number of benzene rings is 4. The number of hydrogen-bond acceptors (Lipinski definition) is 1. The Kier molecular flexibility index (Phi) is 6.65. The van der Waals surface area contributed by atoms with Gasteiger partial charge in [0, 0.05) is 16.6 Å². The highest BCUT2D eigenvalue weighted by Crippen LogP contribution is 2.65. The molecule has 6 rings (SSSR count). The van der Waals surface area contributed by atoms with Gasteiger partial charge in [-0.15, -0.1) is 0 Å². The minimum absolute atomic E-state index is 0.144. The van der Waals surface area contributed by atoms with Crippen molar-refractivity contribution >= 4 is 16.9 Å². The molecule has 6 heteroatoms. The molecule has 1 nitrogen and oxygen atoms in total. The van der Waals surface area contributed by atoms with Gasteiger partial charge in [-0.3, -0.25) is 4.79 Å². The lowest BCUT2D eigenvalue weighted by molar-refractivity contribution is -0.115. The van der Waals surface area contributed by atoms with Crippen LogP contribution in [-0.2, 0) is 10.2 Å². The van der Waals surface area contributed by atoms with Gasteiger partial charge in [-0.1, -0.05) is 91.0 Å². The van der Waals surface area contributed by atoms with Crippen LogP contribution in [0.3, 0.4) is 0 Å². The van der Waals surface area contributed by atoms with Crippen molar-refractivity contribution in [2.75, 3.05) is 0 Å². The Hall–Kier alpha value is -4.06. The second-order valence-electron chi connectivity index (χ2n) is 9.62. The fourth-order valence-corrected chi connectivity index (χ4v) is 6.03. The standard InChI is InChI=1S/C34H20F5O/c35-28-27(29(36)31(38)32(39)30(28)37)34(23-18-10-11-19-23)25(21-14-6-2-7-15-21)24(20-12-4-1-5-13-20)33(40)26(34)22-16-8-3-9-17-22/h1-19,26H/t26-,34+/m0/s1. The molecule has 1 saturated carbocycles. The second kappa shape index (κ2) is 10.2. The number of carbonyl (C=O) groups is 1. The van der Waals surface area contributed by atoms with Crippen molar-refractivity contribution in [1.29, 1.82) is 0 Å². The van der Waals surface area contributed by atoms with Gasteiger partial charge in [0.05, 0.1) is 5.92 Å². The summed E-state index contributed by atoms with van der Waals surface area (Å²) in [6.45, 7) is 0. The zero-order chi connectivity index (χ0) is 28.0. The molecule has 0 amide bonds. The molecule has 0 unspecified atom stereocenters. The van der Waals surface area contributed by atoms with Crippen LogP contribution in [-0.4, -0.2) is 5.78 Å². The molecule has 2 atom stereocenters. The van der Waals surface area contributed by atoms with Crippen LogP contribution in [0, 0.1) is 60.7 Å². The highest BCUT2D eigenvalue weighted by Gasteiger charge is 2.62. The van der Waals surface area contributed by atoms with E-state index in [0.717, 1.165) is 0 Å². The summed E-state index contributed by atoms with van der Waals surface area (Å²) in [6, 6.07) is 25.3. The Morgan fingerprint density at radius 2 is 1.00 bits per heavy atom. The van der Waals surface area contributed by atoms with E-state index in [0.29, 0.717) is 16.7 Å². The van der Waals surface area contributed by atoms with E-state index < -0.39 is 51.8 Å². The molecule has 0 aromatic heterocycles. The van der Waals surface area contributed by atoms with Gasteiger partial charge in [-0.05, 0) is 53.9 Å². The zero-order valence-corrected chi connectivity index (χ0v) is 20.8. The first-order valence-corrected chi connectivity index (χ1v) is 12.6. The molecule has 5 radical (unpaired) electrons. The van der Waals surface area contributed by atoms with Gasteiger partial charge in [0.15, 0.2) is 29.1 Å². The van der Waals surface area contributed by atoms with E-state index in [1.54, 1.807) is 117 Å². The number of ketones is 1. The van der Waals surface area contributed by atoms with E-state index >= 15 is 17.6 Å². The highest BCUT2D eigenvalue weighted by molar-refractivity contribution is 6.36. The van der Waals surface area contributed by atoms with Crippen molar-refractivity contribution in [3.8, 4) is 0 Å². The monoisotopic (exact) mass is 539 g/mol. The summed E-state index contributed by atoms with van der Waals surface area (Å²) < 4.78 is 76.5. The van der Waals surface area contributed by atoms with Crippen LogP contribution in [0.5, 0.6) is 0 Å². The Labute approximate surface area is 229 Å². The van der Waals surface area contributed by atoms with Crippen LogP contribution in [0.15, 0.2) is 91.0 Å². The predicted octanol–water partition coefficient (Wildman–Crippen LogP) is 8.00. The number of halogens is 5. The van der Waals surface area contributed by atoms with Crippen LogP contribution in [0.2, 0.25) is 0 Å². The van der Waals surface area contributed by atoms with Gasteiger partial charge in [-0.2, -0.15) is 0 Å². The minimum Gasteiger partial charge on any atom is -0.293 e. The Morgan fingerprint density at radius 1 is 0.550 bits per heavy atom. The van der Waals surface area contributed by atoms with E-state index in [2.05, 4.69) is 0 Å². The average Bonchev–Trinajstić information content (AvgIpc) is 3.62. The van der Waals surface area contributed by atoms with Crippen LogP contribution in [0.1, 0.15) is 28.2 Å². The number of Topliss-reactive ketones (excluding diaryl/α,β-unsaturated/α-hetero) is 1. The first-order valence-electron chi connectivity index (χ1n) is 12.6. The number of rotatable bonds is 5. The lowest BCUT2D eigenvalue weighted by Gasteiger charge is -2.43. The maximum Gasteiger partial charge on any atom is 0.200 e. The Balaban J connectivity index is 1.86. The van der Waals surface area contributed by atoms with Gasteiger partial charge >= 0.3 is 0 Å². The molecule has 0 aliphatic heterocycles. The van der Waals surface area contributed by atoms with Gasteiger partial charge in [0.2, 0.25) is 5.82 Å². The van der Waals surface area contributed by atoms with E-state index in [1.807, 2.05) is 0 Å². The van der Waals surface area contributed by atoms with Gasteiger partial charge < -0.3 is 0 Å². The molecule has 0 spiro atoms. The third-order valence-electron chi connectivity index (χ3n) is 7.57. The van der Waals surface area contributed by atoms with E-state index in [4.69, 9.17) is 0 Å². The van der Waals surface area contributed by atoms with Crippen LogP contribution in [0.25, 0.3) is 11.1 Å². The fraction of sp³-hybridized carbons (Fsp3) is 0.0588. The second-order valence-corrected chi connectivity index (χ2v) is 9.62. The van der Waals surface area contributed by atoms with E-state index in [1.165, 1.54) is 0 Å². The summed E-state index contributed by atoms with van der Waals surface area (Å²) in [5.74, 6) is -12.0. The normalized spacial score (nSPS) is 21.4. The lowest BCUT2D eigenvalue weighted by atomic mass is 9.57. The first kappa shape index (κ1) is 26.2. The molecule has 0 heterocycles. The quantitative estimate of drug-likeness (QED) is 0.143. The number of hydrogen-bond donors (Lipinski definition) is 0. The van der Waals surface area contributed by atoms with Crippen molar-refractivity contribution in [2.45, 2.75) is 11.3 Å². The highest BCUT2D eigenvalue weighted by atomic mass is 19.2. The summed E-state index contributed by atoms with van der Waals surface area (Å²) in [6.07, 6.45) is 6.33. The number of allylic oxidation sites excluding steroid dienone is 2. The molecule has 2 aliphatic rings. The Bertz CT molecular complexity index is 1580. The third-order valence-corrected chi connectivity index (χ3v) is 7.57. The van der Waals surface area contributed by atoms with Gasteiger partial charge in [0.25, 0.3) is 0 Å². The predicted molar refractivity (Wildman–Crippen MR) is 142 cm³/mol. The molecule has 1 fully saturated rings. The van der Waals surface area contributed by atoms with Crippen molar-refractivity contribution in [3.05, 3.63) is 174 Å². The summed E-state index contributed by atoms with van der Waals surface area (Å²) in [7, 11) is 0. The zero-order valence-electron chi connectivity index (χ0n) is 20.8. The molecule has 40 heavy (non-hydrogen) atoms. The first-order chi connectivity index (χ1) is 19.4. The largest absolute Gasteiger partial charge is 0.293 e. The van der Waals surface area contributed by atoms with Crippen LogP contribution >= 0.6 is 0 Å². The van der Waals surface area contributed by atoms with E-state index in [-0.39, 0.29) is 17.1 Å². The molecule has 4 aromatic carbocycles. The van der Waals surface area contributed by atoms with Crippen molar-refractivity contribution in [3.63, 3.8) is 0 Å². The molecule has 0 saturated heterocycles. The molecular weight excluding hydrogens is 519 g/mol.